The molecule has 9 aliphatic rings. The van der Waals surface area contributed by atoms with Gasteiger partial charge in [0.25, 0.3) is 0 Å². The Hall–Kier alpha value is -3.99. The first kappa shape index (κ1) is 65.0. The molecule has 8 N–H and O–H groups in total. The predicted octanol–water partition coefficient (Wildman–Crippen LogP) is 5.29. The molecule has 10 rings (SSSR count). The van der Waals surface area contributed by atoms with Crippen LogP contribution in [0, 0.1) is 40.4 Å². The Kier molecular flexibility index (Phi) is 21.8. The van der Waals surface area contributed by atoms with Crippen LogP contribution in [0.1, 0.15) is 162 Å². The number of carboxylic acid groups (broad SMARTS) is 1. The van der Waals surface area contributed by atoms with Gasteiger partial charge in [-0.3, -0.25) is 24.1 Å². The minimum atomic E-state index is -1.54. The fourth-order valence-corrected chi connectivity index (χ4v) is 15.9. The van der Waals surface area contributed by atoms with E-state index in [1.807, 2.05) is 44.2 Å². The van der Waals surface area contributed by atoms with E-state index in [2.05, 4.69) is 18.9 Å². The summed E-state index contributed by atoms with van der Waals surface area (Å²) in [5.74, 6) is -2.20. The number of unbranched alkanes of at least 4 members (excludes halogenated alkanes) is 5. The van der Waals surface area contributed by atoms with Crippen molar-refractivity contribution in [1.29, 1.82) is 0 Å². The van der Waals surface area contributed by atoms with E-state index in [1.54, 1.807) is 19.9 Å². The van der Waals surface area contributed by atoms with Crippen LogP contribution in [0.4, 0.5) is 0 Å². The number of piperidine rings is 1. The van der Waals surface area contributed by atoms with Gasteiger partial charge in [-0.2, -0.15) is 0 Å². The van der Waals surface area contributed by atoms with Crippen molar-refractivity contribution in [2.45, 2.75) is 235 Å². The molecule has 21 atom stereocenters. The maximum Gasteiger partial charge on any atom is 0.330 e. The van der Waals surface area contributed by atoms with E-state index in [1.165, 1.54) is 11.6 Å². The van der Waals surface area contributed by atoms with Gasteiger partial charge in [-0.05, 0) is 120 Å². The highest BCUT2D eigenvalue weighted by Gasteiger charge is 2.68. The Morgan fingerprint density at radius 2 is 1.55 bits per heavy atom. The van der Waals surface area contributed by atoms with Crippen molar-refractivity contribution in [3.05, 3.63) is 59.2 Å². The van der Waals surface area contributed by atoms with Crippen LogP contribution in [-0.2, 0) is 47.7 Å². The van der Waals surface area contributed by atoms with Gasteiger partial charge in [-0.1, -0.05) is 87.9 Å². The number of allylic oxidation sites excluding steroid dienone is 1. The molecule has 5 saturated heterocycles. The smallest absolute Gasteiger partial charge is 0.330 e. The number of aliphatic hydroxyl groups is 7. The summed E-state index contributed by atoms with van der Waals surface area (Å²) in [6.07, 6.45) is 12.6. The highest BCUT2D eigenvalue weighted by molar-refractivity contribution is 5.92. The molecule has 5 aliphatic heterocycles. The van der Waals surface area contributed by atoms with Gasteiger partial charge in [-0.15, -0.1) is 0 Å². The molecule has 1 aromatic carbocycles. The molecule has 0 amide bonds. The van der Waals surface area contributed by atoms with Gasteiger partial charge in [-0.25, -0.2) is 4.79 Å². The van der Waals surface area contributed by atoms with Crippen molar-refractivity contribution in [1.82, 2.24) is 4.90 Å². The number of aliphatic carboxylic acids is 1. The first-order valence-corrected chi connectivity index (χ1v) is 30.8. The van der Waals surface area contributed by atoms with E-state index in [0.29, 0.717) is 81.6 Å². The largest absolute Gasteiger partial charge is 0.481 e. The number of carboxylic acids is 1. The fourth-order valence-electron chi connectivity index (χ4n) is 15.9. The lowest BCUT2D eigenvalue weighted by molar-refractivity contribution is -0.182. The molecule has 19 heteroatoms. The number of hydrogen-bond donors (Lipinski definition) is 8. The highest BCUT2D eigenvalue weighted by atomic mass is 16.6. The number of aliphatic hydroxyl groups excluding tert-OH is 6. The van der Waals surface area contributed by atoms with Crippen molar-refractivity contribution in [3.8, 4) is 0 Å². The van der Waals surface area contributed by atoms with Crippen LogP contribution < -0.4 is 0 Å². The number of benzene rings is 1. The molecular formula is C64H95NO18. The average Bonchev–Trinajstić information content (AvgIpc) is 1.99. The number of likely N-dealkylation sites (N-methyl/N-ethyl adjacent to an activating group) is 1. The van der Waals surface area contributed by atoms with Gasteiger partial charge in [0.2, 0.25) is 0 Å². The van der Waals surface area contributed by atoms with Crippen molar-refractivity contribution in [2.75, 3.05) is 33.5 Å². The number of epoxide rings is 2. The molecule has 0 spiro atoms. The zero-order chi connectivity index (χ0) is 60.1. The van der Waals surface area contributed by atoms with Gasteiger partial charge in [0.15, 0.2) is 11.6 Å². The SMILES string of the molecule is C/C(=C\C(=O)OCCCCCCCCC(=O)O)C[C@@H]1OC[C@H](C[C@@H]2O[C@H]2[C@@H](C)[C@H](C)O)[C@@H](O)[C@H]1O.CN1[C@@H]2C[C@@H](OC(=O)[C@H](CO)c3ccccc3)C[C@H]1[C@@H]1O[C@@H]12.C[C@]12CCC(=O)C=C1CC[C@@H]1[C@@H]2[C@@H](O)C[C@@]2(C)[C@H]1CC[C@]2(O)C(=O)CO. The predicted molar refractivity (Wildman–Crippen MR) is 303 cm³/mol. The summed E-state index contributed by atoms with van der Waals surface area (Å²) in [6.45, 7) is 9.30. The van der Waals surface area contributed by atoms with Gasteiger partial charge < -0.3 is 64.5 Å². The lowest BCUT2D eigenvalue weighted by Crippen LogP contribution is -2.62. The van der Waals surface area contributed by atoms with Gasteiger partial charge in [0.05, 0.1) is 56.4 Å². The minimum absolute atomic E-state index is 0.0160. The summed E-state index contributed by atoms with van der Waals surface area (Å²) >= 11 is 0. The van der Waals surface area contributed by atoms with E-state index in [-0.39, 0.29) is 78.1 Å². The normalized spacial score (nSPS) is 38.6. The maximum absolute atomic E-state index is 12.4. The quantitative estimate of drug-likeness (QED) is 0.0316. The van der Waals surface area contributed by atoms with Crippen LogP contribution in [0.15, 0.2) is 53.6 Å². The van der Waals surface area contributed by atoms with E-state index in [9.17, 15) is 59.7 Å². The second-order valence-electron chi connectivity index (χ2n) is 26.3. The fraction of sp³-hybridized carbons (Fsp3) is 0.766. The summed E-state index contributed by atoms with van der Waals surface area (Å²) in [4.78, 5) is 61.6. The molecular weight excluding hydrogens is 1070 g/mol. The Balaban J connectivity index is 0.000000167. The number of hydrogen-bond acceptors (Lipinski definition) is 18. The van der Waals surface area contributed by atoms with Gasteiger partial charge in [0.1, 0.15) is 42.5 Å². The van der Waals surface area contributed by atoms with Gasteiger partial charge >= 0.3 is 17.9 Å². The number of nitrogens with zero attached hydrogens (tertiary/aromatic N) is 1. The van der Waals surface area contributed by atoms with Crippen LogP contribution in [-0.4, -0.2) is 187 Å². The Morgan fingerprint density at radius 1 is 0.880 bits per heavy atom. The third-order valence-corrected chi connectivity index (χ3v) is 21.1. The average molecular weight is 1170 g/mol. The number of carbonyl (C=O) groups excluding carboxylic acids is 4. The Bertz CT molecular complexity index is 2450. The standard InChI is InChI=1S/C26H44O9.C21H30O5.C17H21NO4/c1-16(13-23(30)33-11-9-7-5-4-6-8-10-22(28)29)12-20-25(32)24(31)19(15-34-20)14-21-26(35-21)17(2)18(3)27;1-19-7-5-13(23)9-12(19)3-4-14-15-6-8-21(26,17(25)11-22)20(15,2)10-16(24)18(14)19;1-18-13-7-11(8-14(18)16-15(13)22-16)21-17(20)12(9-19)10-5-3-2-4-6-10/h13,17-21,24-27,31-32H,4-12,14-15H2,1-3H3,(H,28,29);9,14-16,18,22,24,26H,3-8,10-11H2,1-2H3;2-6,11-16,19H,7-9H2,1H3/b16-13+;;/t17-,18-,19-,20-,21-,24+,25-,26-;14-,15-,16-,18+,19-,20-,21-;11-,12-,13-,14+,15-,16+/m001/s1. The monoisotopic (exact) mass is 1170 g/mol. The van der Waals surface area contributed by atoms with E-state index in [0.717, 1.165) is 76.2 Å². The van der Waals surface area contributed by atoms with Crippen molar-refractivity contribution in [3.63, 3.8) is 0 Å². The third-order valence-electron chi connectivity index (χ3n) is 21.1. The molecule has 5 heterocycles. The number of Topliss-reactive ketones (excluding diaryl/α,β-unsaturated/α-hetero) is 1. The molecule has 464 valence electrons. The molecule has 0 aromatic heterocycles. The summed E-state index contributed by atoms with van der Waals surface area (Å²) in [5, 5.41) is 80.8. The summed E-state index contributed by atoms with van der Waals surface area (Å²) in [7, 11) is 2.13. The van der Waals surface area contributed by atoms with Crippen LogP contribution in [0.5, 0.6) is 0 Å². The van der Waals surface area contributed by atoms with E-state index >= 15 is 0 Å². The molecule has 3 saturated carbocycles. The van der Waals surface area contributed by atoms with Crippen molar-refractivity contribution in [2.24, 2.45) is 40.4 Å². The summed E-state index contributed by atoms with van der Waals surface area (Å²) in [5.41, 5.74) is 0.279. The maximum atomic E-state index is 12.4. The number of rotatable bonds is 22. The molecule has 1 aromatic rings. The first-order valence-electron chi connectivity index (χ1n) is 30.8. The molecule has 0 unspecified atom stereocenters. The van der Waals surface area contributed by atoms with Crippen LogP contribution in [0.2, 0.25) is 0 Å². The summed E-state index contributed by atoms with van der Waals surface area (Å²) < 4.78 is 28.1. The Labute approximate surface area is 489 Å². The van der Waals surface area contributed by atoms with E-state index in [4.69, 9.17) is 28.8 Å². The van der Waals surface area contributed by atoms with Crippen LogP contribution >= 0.6 is 0 Å². The first-order chi connectivity index (χ1) is 39.5. The minimum Gasteiger partial charge on any atom is -0.481 e. The molecule has 8 fully saturated rings. The van der Waals surface area contributed by atoms with Gasteiger partial charge in [0, 0.05) is 61.1 Å². The summed E-state index contributed by atoms with van der Waals surface area (Å²) in [6, 6.07) is 10.1. The zero-order valence-corrected chi connectivity index (χ0v) is 49.6. The lowest BCUT2D eigenvalue weighted by Gasteiger charge is -2.60. The topological polar surface area (TPSA) is 303 Å². The molecule has 83 heavy (non-hydrogen) atoms. The van der Waals surface area contributed by atoms with Crippen LogP contribution in [0.25, 0.3) is 0 Å². The number of esters is 2. The number of morpholine rings is 1. The lowest BCUT2D eigenvalue weighted by atomic mass is 9.45. The second kappa shape index (κ2) is 27.8. The number of fused-ring (bicyclic) bond motifs is 10. The molecule has 0 radical (unpaired) electrons. The zero-order valence-electron chi connectivity index (χ0n) is 49.6. The number of carbonyl (C=O) groups is 5. The highest BCUT2D eigenvalue weighted by Crippen LogP contribution is 2.67. The van der Waals surface area contributed by atoms with E-state index < -0.39 is 71.8 Å². The molecule has 4 aliphatic carbocycles. The number of ether oxygens (including phenoxy) is 5. The van der Waals surface area contributed by atoms with Crippen molar-refractivity contribution >= 4 is 29.5 Å². The van der Waals surface area contributed by atoms with Crippen molar-refractivity contribution < 1.29 is 88.5 Å². The second-order valence-corrected chi connectivity index (χ2v) is 26.3. The number of ketones is 2. The molecule has 19 nitrogen and oxygen atoms in total. The van der Waals surface area contributed by atoms with Crippen LogP contribution in [0.3, 0.4) is 0 Å². The third kappa shape index (κ3) is 14.5. The Morgan fingerprint density at radius 3 is 2.20 bits per heavy atom. The molecule has 2 bridgehead atoms.